The quantitative estimate of drug-likeness (QED) is 0.855. The number of benzene rings is 1. The standard InChI is InChI=1S/C19H24N4O2/c1-13-12-20-8-10-22(13)18(24)14-6-7-15-16(11-14)21-17-5-3-2-4-9-23(17)19(15)25/h6-7,11,13,20H,2-5,8-10,12H2,1H3/t13-/m1/s1. The van der Waals surface area contributed by atoms with Crippen LogP contribution in [0, 0.1) is 0 Å². The Morgan fingerprint density at radius 2 is 2.12 bits per heavy atom. The molecule has 1 amide bonds. The number of nitrogens with one attached hydrogen (secondary N) is 1. The van der Waals surface area contributed by atoms with Gasteiger partial charge in [-0.25, -0.2) is 4.98 Å². The highest BCUT2D eigenvalue weighted by Gasteiger charge is 2.24. The van der Waals surface area contributed by atoms with Crippen molar-refractivity contribution < 1.29 is 4.79 Å². The summed E-state index contributed by atoms with van der Waals surface area (Å²) in [6.07, 6.45) is 4.05. The number of carbonyl (C=O) groups excluding carboxylic acids is 1. The summed E-state index contributed by atoms with van der Waals surface area (Å²) < 4.78 is 1.81. The van der Waals surface area contributed by atoms with E-state index >= 15 is 0 Å². The predicted molar refractivity (Wildman–Crippen MR) is 96.9 cm³/mol. The van der Waals surface area contributed by atoms with Crippen LogP contribution in [0.15, 0.2) is 23.0 Å². The zero-order valence-electron chi connectivity index (χ0n) is 14.6. The fraction of sp³-hybridized carbons (Fsp3) is 0.526. The fourth-order valence-electron chi connectivity index (χ4n) is 3.86. The van der Waals surface area contributed by atoms with Gasteiger partial charge >= 0.3 is 0 Å². The SMILES string of the molecule is C[C@@H]1CNCCN1C(=O)c1ccc2c(=O)n3c(nc2c1)CCCCC3. The molecule has 1 atom stereocenters. The van der Waals surface area contributed by atoms with E-state index in [0.29, 0.717) is 23.0 Å². The predicted octanol–water partition coefficient (Wildman–Crippen LogP) is 1.56. The molecule has 1 aromatic carbocycles. The Morgan fingerprint density at radius 1 is 1.24 bits per heavy atom. The third-order valence-corrected chi connectivity index (χ3v) is 5.33. The summed E-state index contributed by atoms with van der Waals surface area (Å²) >= 11 is 0. The van der Waals surface area contributed by atoms with Gasteiger partial charge in [0, 0.05) is 44.2 Å². The van der Waals surface area contributed by atoms with E-state index in [-0.39, 0.29) is 17.5 Å². The summed E-state index contributed by atoms with van der Waals surface area (Å²) in [5.74, 6) is 0.878. The second-order valence-corrected chi connectivity index (χ2v) is 7.08. The molecule has 2 aromatic rings. The molecule has 1 aromatic heterocycles. The molecule has 0 radical (unpaired) electrons. The summed E-state index contributed by atoms with van der Waals surface area (Å²) in [7, 11) is 0. The van der Waals surface area contributed by atoms with Crippen LogP contribution < -0.4 is 10.9 Å². The zero-order chi connectivity index (χ0) is 17.4. The Balaban J connectivity index is 1.75. The first-order valence-electron chi connectivity index (χ1n) is 9.20. The van der Waals surface area contributed by atoms with Gasteiger partial charge in [0.15, 0.2) is 0 Å². The minimum absolute atomic E-state index is 0.0211. The summed E-state index contributed by atoms with van der Waals surface area (Å²) in [6, 6.07) is 5.50. The van der Waals surface area contributed by atoms with Crippen LogP contribution in [0.25, 0.3) is 10.9 Å². The van der Waals surface area contributed by atoms with Crippen molar-refractivity contribution in [3.05, 3.63) is 39.9 Å². The van der Waals surface area contributed by atoms with E-state index in [2.05, 4.69) is 12.2 Å². The minimum Gasteiger partial charge on any atom is -0.333 e. The summed E-state index contributed by atoms with van der Waals surface area (Å²) in [5, 5.41) is 3.90. The van der Waals surface area contributed by atoms with E-state index in [0.717, 1.165) is 51.1 Å². The Labute approximate surface area is 146 Å². The van der Waals surface area contributed by atoms with Crippen LogP contribution in [-0.2, 0) is 13.0 Å². The lowest BCUT2D eigenvalue weighted by molar-refractivity contribution is 0.0656. The smallest absolute Gasteiger partial charge is 0.261 e. The normalized spacial score (nSPS) is 21.0. The molecule has 4 rings (SSSR count). The minimum atomic E-state index is 0.0211. The van der Waals surface area contributed by atoms with Gasteiger partial charge in [0.05, 0.1) is 10.9 Å². The van der Waals surface area contributed by atoms with Crippen LogP contribution in [0.1, 0.15) is 42.4 Å². The van der Waals surface area contributed by atoms with Crippen molar-refractivity contribution in [2.45, 2.75) is 45.2 Å². The van der Waals surface area contributed by atoms with Gasteiger partial charge in [-0.05, 0) is 38.0 Å². The Morgan fingerprint density at radius 3 is 2.96 bits per heavy atom. The van der Waals surface area contributed by atoms with E-state index in [1.807, 2.05) is 9.47 Å². The zero-order valence-corrected chi connectivity index (χ0v) is 14.6. The lowest BCUT2D eigenvalue weighted by Gasteiger charge is -2.34. The van der Waals surface area contributed by atoms with Gasteiger partial charge in [-0.1, -0.05) is 6.42 Å². The molecule has 3 heterocycles. The summed E-state index contributed by atoms with van der Waals surface area (Å²) in [4.78, 5) is 32.3. The van der Waals surface area contributed by atoms with Crippen molar-refractivity contribution in [2.75, 3.05) is 19.6 Å². The van der Waals surface area contributed by atoms with Crippen molar-refractivity contribution in [1.82, 2.24) is 19.8 Å². The number of aromatic nitrogens is 2. The number of aryl methyl sites for hydroxylation is 1. The molecule has 6 heteroatoms. The van der Waals surface area contributed by atoms with Gasteiger partial charge < -0.3 is 10.2 Å². The average Bonchev–Trinajstić information content (AvgIpc) is 2.87. The number of fused-ring (bicyclic) bond motifs is 2. The molecule has 0 spiro atoms. The Kier molecular flexibility index (Phi) is 4.29. The number of carbonyl (C=O) groups is 1. The first kappa shape index (κ1) is 16.3. The lowest BCUT2D eigenvalue weighted by Crippen LogP contribution is -2.52. The molecular weight excluding hydrogens is 316 g/mol. The molecular formula is C19H24N4O2. The highest BCUT2D eigenvalue weighted by atomic mass is 16.2. The maximum atomic E-state index is 12.9. The van der Waals surface area contributed by atoms with Gasteiger partial charge in [-0.15, -0.1) is 0 Å². The van der Waals surface area contributed by atoms with Crippen LogP contribution in [-0.4, -0.2) is 46.0 Å². The molecule has 1 fully saturated rings. The van der Waals surface area contributed by atoms with Crippen LogP contribution in [0.4, 0.5) is 0 Å². The third-order valence-electron chi connectivity index (χ3n) is 5.33. The molecule has 2 aliphatic heterocycles. The lowest BCUT2D eigenvalue weighted by atomic mass is 10.1. The molecule has 132 valence electrons. The van der Waals surface area contributed by atoms with Gasteiger partial charge in [0.25, 0.3) is 11.5 Å². The molecule has 25 heavy (non-hydrogen) atoms. The van der Waals surface area contributed by atoms with Gasteiger partial charge in [-0.2, -0.15) is 0 Å². The van der Waals surface area contributed by atoms with Crippen LogP contribution >= 0.6 is 0 Å². The van der Waals surface area contributed by atoms with E-state index in [1.54, 1.807) is 18.2 Å². The van der Waals surface area contributed by atoms with Gasteiger partial charge in [0.2, 0.25) is 0 Å². The number of hydrogen-bond acceptors (Lipinski definition) is 4. The van der Waals surface area contributed by atoms with Crippen molar-refractivity contribution in [3.63, 3.8) is 0 Å². The molecule has 6 nitrogen and oxygen atoms in total. The van der Waals surface area contributed by atoms with E-state index in [4.69, 9.17) is 4.98 Å². The largest absolute Gasteiger partial charge is 0.333 e. The number of rotatable bonds is 1. The number of piperazine rings is 1. The molecule has 0 unspecified atom stereocenters. The second kappa shape index (κ2) is 6.59. The molecule has 0 saturated carbocycles. The van der Waals surface area contributed by atoms with E-state index in [9.17, 15) is 9.59 Å². The molecule has 1 N–H and O–H groups in total. The molecule has 0 aliphatic carbocycles. The van der Waals surface area contributed by atoms with Crippen molar-refractivity contribution in [1.29, 1.82) is 0 Å². The average molecular weight is 340 g/mol. The van der Waals surface area contributed by atoms with Crippen molar-refractivity contribution in [3.8, 4) is 0 Å². The Bertz CT molecular complexity index is 874. The number of amides is 1. The molecule has 1 saturated heterocycles. The van der Waals surface area contributed by atoms with Gasteiger partial charge in [0.1, 0.15) is 5.82 Å². The monoisotopic (exact) mass is 340 g/mol. The second-order valence-electron chi connectivity index (χ2n) is 7.08. The molecule has 0 bridgehead atoms. The number of hydrogen-bond donors (Lipinski definition) is 1. The van der Waals surface area contributed by atoms with Crippen LogP contribution in [0.2, 0.25) is 0 Å². The first-order valence-corrected chi connectivity index (χ1v) is 9.20. The van der Waals surface area contributed by atoms with E-state index < -0.39 is 0 Å². The highest BCUT2D eigenvalue weighted by Crippen LogP contribution is 2.18. The van der Waals surface area contributed by atoms with Crippen molar-refractivity contribution in [2.24, 2.45) is 0 Å². The van der Waals surface area contributed by atoms with Gasteiger partial charge in [-0.3, -0.25) is 14.2 Å². The van der Waals surface area contributed by atoms with Crippen molar-refractivity contribution >= 4 is 16.8 Å². The summed E-state index contributed by atoms with van der Waals surface area (Å²) in [5.41, 5.74) is 1.29. The topological polar surface area (TPSA) is 67.2 Å². The highest BCUT2D eigenvalue weighted by molar-refractivity contribution is 5.98. The fourth-order valence-corrected chi connectivity index (χ4v) is 3.86. The maximum Gasteiger partial charge on any atom is 0.261 e. The van der Waals surface area contributed by atoms with Crippen LogP contribution in [0.3, 0.4) is 0 Å². The summed E-state index contributed by atoms with van der Waals surface area (Å²) in [6.45, 7) is 5.13. The third kappa shape index (κ3) is 2.95. The number of nitrogens with zero attached hydrogens (tertiary/aromatic N) is 3. The Hall–Kier alpha value is -2.21. The first-order chi connectivity index (χ1) is 12.1. The van der Waals surface area contributed by atoms with E-state index in [1.165, 1.54) is 0 Å². The van der Waals surface area contributed by atoms with Crippen LogP contribution in [0.5, 0.6) is 0 Å². The molecule has 2 aliphatic rings. The maximum absolute atomic E-state index is 12.9.